The Morgan fingerprint density at radius 2 is 1.97 bits per heavy atom. The van der Waals surface area contributed by atoms with E-state index < -0.39 is 5.91 Å². The summed E-state index contributed by atoms with van der Waals surface area (Å²) < 4.78 is 12.1. The topological polar surface area (TPSA) is 95.3 Å². The fraction of sp³-hybridized carbons (Fsp3) is 0.217. The van der Waals surface area contributed by atoms with Crippen LogP contribution in [0, 0.1) is 0 Å². The summed E-state index contributed by atoms with van der Waals surface area (Å²) in [6.45, 7) is 2.71. The minimum Gasteiger partial charge on any atom is -0.454 e. The Hall–Kier alpha value is -3.72. The number of rotatable bonds is 6. The lowest BCUT2D eigenvalue weighted by molar-refractivity contribution is 0.102. The molecule has 0 radical (unpaired) electrons. The van der Waals surface area contributed by atoms with Crippen molar-refractivity contribution in [3.05, 3.63) is 63.9 Å². The van der Waals surface area contributed by atoms with E-state index in [0.717, 1.165) is 18.4 Å². The molecule has 0 spiro atoms. The molecule has 1 N–H and O–H groups in total. The van der Waals surface area contributed by atoms with Crippen molar-refractivity contribution in [1.29, 1.82) is 0 Å². The van der Waals surface area contributed by atoms with Crippen molar-refractivity contribution in [2.45, 2.75) is 26.3 Å². The molecule has 0 aliphatic carbocycles. The van der Waals surface area contributed by atoms with Crippen LogP contribution in [-0.2, 0) is 6.54 Å². The summed E-state index contributed by atoms with van der Waals surface area (Å²) in [6, 6.07) is 12.6. The summed E-state index contributed by atoms with van der Waals surface area (Å²) in [6.07, 6.45) is 1.72. The maximum Gasteiger partial charge on any atom is 0.278 e. The van der Waals surface area contributed by atoms with Gasteiger partial charge in [-0.1, -0.05) is 31.5 Å². The highest BCUT2D eigenvalue weighted by atomic mass is 32.1. The molecule has 3 heterocycles. The van der Waals surface area contributed by atoms with Gasteiger partial charge in [-0.2, -0.15) is 5.10 Å². The maximum absolute atomic E-state index is 13.1. The minimum atomic E-state index is -0.405. The number of hydrogen-bond donors (Lipinski definition) is 1. The van der Waals surface area contributed by atoms with Gasteiger partial charge in [0, 0.05) is 22.9 Å². The second-order valence-corrected chi connectivity index (χ2v) is 8.19. The summed E-state index contributed by atoms with van der Waals surface area (Å²) in [5, 5.41) is 10.5. The molecule has 1 amide bonds. The molecule has 0 saturated carbocycles. The van der Waals surface area contributed by atoms with Crippen molar-refractivity contribution in [1.82, 2.24) is 14.8 Å². The number of aryl methyl sites for hydroxylation is 1. The first kappa shape index (κ1) is 20.2. The number of fused-ring (bicyclic) bond motifs is 2. The standard InChI is InChI=1S/C23H20N4O4S/c1-2-3-10-27-22(29)16-7-5-4-6-15(16)20(26-27)21(28)25-23-24-17(12-32-23)14-8-9-18-19(11-14)31-13-30-18/h4-9,11-12H,2-3,10,13H2,1H3,(H,24,25,28). The Balaban J connectivity index is 1.44. The molecule has 2 aromatic carbocycles. The summed E-state index contributed by atoms with van der Waals surface area (Å²) in [5.41, 5.74) is 1.60. The highest BCUT2D eigenvalue weighted by Gasteiger charge is 2.19. The Morgan fingerprint density at radius 3 is 2.81 bits per heavy atom. The van der Waals surface area contributed by atoms with E-state index >= 15 is 0 Å². The lowest BCUT2D eigenvalue weighted by Gasteiger charge is -2.10. The highest BCUT2D eigenvalue weighted by Crippen LogP contribution is 2.36. The minimum absolute atomic E-state index is 0.190. The number of nitrogens with zero attached hydrogens (tertiary/aromatic N) is 3. The normalized spacial score (nSPS) is 12.3. The fourth-order valence-electron chi connectivity index (χ4n) is 3.54. The Labute approximate surface area is 187 Å². The number of carbonyl (C=O) groups is 1. The Kier molecular flexibility index (Phi) is 5.32. The SMILES string of the molecule is CCCCn1nc(C(=O)Nc2nc(-c3ccc4c(c3)OCO4)cs2)c2ccccc2c1=O. The van der Waals surface area contributed by atoms with Crippen LogP contribution < -0.4 is 20.3 Å². The first-order chi connectivity index (χ1) is 15.6. The quantitative estimate of drug-likeness (QED) is 0.473. The van der Waals surface area contributed by atoms with Crippen LogP contribution in [0.4, 0.5) is 5.13 Å². The van der Waals surface area contributed by atoms with Crippen molar-refractivity contribution >= 4 is 33.1 Å². The molecule has 162 valence electrons. The van der Waals surface area contributed by atoms with Crippen LogP contribution >= 0.6 is 11.3 Å². The number of carbonyl (C=O) groups excluding carboxylic acids is 1. The predicted molar refractivity (Wildman–Crippen MR) is 123 cm³/mol. The van der Waals surface area contributed by atoms with Gasteiger partial charge in [-0.15, -0.1) is 11.3 Å². The van der Waals surface area contributed by atoms with Gasteiger partial charge >= 0.3 is 0 Å². The molecule has 1 aliphatic rings. The molecule has 0 unspecified atom stereocenters. The third-order valence-corrected chi connectivity index (χ3v) is 5.96. The molecule has 0 atom stereocenters. The monoisotopic (exact) mass is 448 g/mol. The van der Waals surface area contributed by atoms with Crippen molar-refractivity contribution in [3.63, 3.8) is 0 Å². The first-order valence-electron chi connectivity index (χ1n) is 10.3. The molecule has 8 nitrogen and oxygen atoms in total. The number of thiazole rings is 1. The van der Waals surface area contributed by atoms with Crippen molar-refractivity contribution in [2.75, 3.05) is 12.1 Å². The van der Waals surface area contributed by atoms with E-state index in [9.17, 15) is 9.59 Å². The summed E-state index contributed by atoms with van der Waals surface area (Å²) in [4.78, 5) is 30.4. The number of ether oxygens (including phenoxy) is 2. The molecule has 0 bridgehead atoms. The number of amides is 1. The van der Waals surface area contributed by atoms with Crippen LogP contribution in [0.3, 0.4) is 0 Å². The number of anilines is 1. The Morgan fingerprint density at radius 1 is 1.16 bits per heavy atom. The summed E-state index contributed by atoms with van der Waals surface area (Å²) in [7, 11) is 0. The van der Waals surface area contributed by atoms with Gasteiger partial charge in [0.2, 0.25) is 6.79 Å². The van der Waals surface area contributed by atoms with Crippen LogP contribution in [-0.4, -0.2) is 27.5 Å². The maximum atomic E-state index is 13.1. The highest BCUT2D eigenvalue weighted by molar-refractivity contribution is 7.14. The van der Waals surface area contributed by atoms with Crippen LogP contribution in [0.2, 0.25) is 0 Å². The fourth-order valence-corrected chi connectivity index (χ4v) is 4.25. The number of nitrogens with one attached hydrogen (secondary N) is 1. The van der Waals surface area contributed by atoms with E-state index in [2.05, 4.69) is 15.4 Å². The average molecular weight is 449 g/mol. The van der Waals surface area contributed by atoms with Crippen LogP contribution in [0.15, 0.2) is 52.6 Å². The number of hydrogen-bond acceptors (Lipinski definition) is 7. The summed E-state index contributed by atoms with van der Waals surface area (Å²) in [5.74, 6) is 0.970. The van der Waals surface area contributed by atoms with Crippen LogP contribution in [0.25, 0.3) is 22.0 Å². The van der Waals surface area contributed by atoms with Gasteiger partial charge in [0.15, 0.2) is 22.3 Å². The molecule has 4 aromatic rings. The molecule has 0 fully saturated rings. The van der Waals surface area contributed by atoms with E-state index in [1.807, 2.05) is 30.5 Å². The molecule has 2 aromatic heterocycles. The second-order valence-electron chi connectivity index (χ2n) is 7.34. The van der Waals surface area contributed by atoms with Crippen molar-refractivity contribution in [3.8, 4) is 22.8 Å². The zero-order chi connectivity index (χ0) is 22.1. The first-order valence-corrected chi connectivity index (χ1v) is 11.2. The smallest absolute Gasteiger partial charge is 0.278 e. The third-order valence-electron chi connectivity index (χ3n) is 5.20. The van der Waals surface area contributed by atoms with Gasteiger partial charge in [0.25, 0.3) is 11.5 Å². The zero-order valence-electron chi connectivity index (χ0n) is 17.3. The number of aromatic nitrogens is 3. The van der Waals surface area contributed by atoms with Crippen LogP contribution in [0.1, 0.15) is 30.3 Å². The lowest BCUT2D eigenvalue weighted by Crippen LogP contribution is -2.27. The van der Waals surface area contributed by atoms with E-state index in [-0.39, 0.29) is 18.0 Å². The second kappa shape index (κ2) is 8.43. The Bertz CT molecular complexity index is 1380. The van der Waals surface area contributed by atoms with E-state index in [1.165, 1.54) is 16.0 Å². The third kappa shape index (κ3) is 3.71. The van der Waals surface area contributed by atoms with E-state index in [1.54, 1.807) is 24.3 Å². The molecular weight excluding hydrogens is 428 g/mol. The number of unbranched alkanes of at least 4 members (excludes halogenated alkanes) is 1. The average Bonchev–Trinajstić information content (AvgIpc) is 3.47. The number of benzene rings is 2. The molecule has 9 heteroatoms. The van der Waals surface area contributed by atoms with Gasteiger partial charge in [0.05, 0.1) is 11.1 Å². The largest absolute Gasteiger partial charge is 0.454 e. The molecule has 5 rings (SSSR count). The summed E-state index contributed by atoms with van der Waals surface area (Å²) >= 11 is 1.32. The molecule has 0 saturated heterocycles. The van der Waals surface area contributed by atoms with Gasteiger partial charge in [0.1, 0.15) is 0 Å². The predicted octanol–water partition coefficient (Wildman–Crippen LogP) is 4.30. The van der Waals surface area contributed by atoms with Crippen molar-refractivity contribution < 1.29 is 14.3 Å². The van der Waals surface area contributed by atoms with Gasteiger partial charge in [-0.25, -0.2) is 9.67 Å². The van der Waals surface area contributed by atoms with Crippen molar-refractivity contribution in [2.24, 2.45) is 0 Å². The van der Waals surface area contributed by atoms with Gasteiger partial charge < -0.3 is 9.47 Å². The molecule has 32 heavy (non-hydrogen) atoms. The molecule has 1 aliphatic heterocycles. The lowest BCUT2D eigenvalue weighted by atomic mass is 10.1. The molecular formula is C23H20N4O4S. The van der Waals surface area contributed by atoms with Gasteiger partial charge in [-0.3, -0.25) is 14.9 Å². The van der Waals surface area contributed by atoms with E-state index in [0.29, 0.717) is 39.6 Å². The van der Waals surface area contributed by atoms with Gasteiger partial charge in [-0.05, 0) is 30.7 Å². The zero-order valence-corrected chi connectivity index (χ0v) is 18.1. The van der Waals surface area contributed by atoms with E-state index in [4.69, 9.17) is 9.47 Å². The van der Waals surface area contributed by atoms with Crippen LogP contribution in [0.5, 0.6) is 11.5 Å².